The lowest BCUT2D eigenvalue weighted by molar-refractivity contribution is 0.228. The lowest BCUT2D eigenvalue weighted by Crippen LogP contribution is -2.26. The molecule has 0 aromatic heterocycles. The summed E-state index contributed by atoms with van der Waals surface area (Å²) in [5.41, 5.74) is 4.39. The molecule has 2 unspecified atom stereocenters. The van der Waals surface area contributed by atoms with Gasteiger partial charge in [-0.2, -0.15) is 0 Å². The molecular formula is C30H32FNO5S. The number of ether oxygens (including phenoxy) is 2. The van der Waals surface area contributed by atoms with Gasteiger partial charge in [0.15, 0.2) is 9.84 Å². The molecule has 1 fully saturated rings. The second kappa shape index (κ2) is 10.8. The Morgan fingerprint density at radius 1 is 1.08 bits per heavy atom. The fraction of sp³-hybridized carbons (Fsp3) is 0.333. The number of allylic oxidation sites excluding steroid dienone is 1. The van der Waals surface area contributed by atoms with Crippen molar-refractivity contribution in [1.82, 2.24) is 4.90 Å². The van der Waals surface area contributed by atoms with E-state index in [9.17, 15) is 17.9 Å². The van der Waals surface area contributed by atoms with E-state index in [1.54, 1.807) is 42.5 Å². The number of hydrogen-bond donors (Lipinski definition) is 1. The molecule has 0 spiro atoms. The van der Waals surface area contributed by atoms with Crippen molar-refractivity contribution >= 4 is 21.0 Å². The van der Waals surface area contributed by atoms with E-state index in [1.807, 2.05) is 31.2 Å². The van der Waals surface area contributed by atoms with Crippen molar-refractivity contribution in [1.29, 1.82) is 0 Å². The Labute approximate surface area is 223 Å². The second-order valence-electron chi connectivity index (χ2n) is 10.0. The fourth-order valence-corrected chi connectivity index (χ4v) is 5.83. The van der Waals surface area contributed by atoms with E-state index in [4.69, 9.17) is 9.47 Å². The van der Waals surface area contributed by atoms with E-state index in [-0.39, 0.29) is 23.2 Å². The molecule has 2 atom stereocenters. The maximum absolute atomic E-state index is 12.9. The van der Waals surface area contributed by atoms with Crippen molar-refractivity contribution < 1.29 is 27.4 Å². The van der Waals surface area contributed by atoms with Gasteiger partial charge in [-0.05, 0) is 79.1 Å². The average Bonchev–Trinajstić information content (AvgIpc) is 3.37. The number of halogens is 1. The number of rotatable bonds is 8. The monoisotopic (exact) mass is 537 g/mol. The molecule has 6 nitrogen and oxygen atoms in total. The molecule has 0 saturated carbocycles. The predicted octanol–water partition coefficient (Wildman–Crippen LogP) is 5.53. The molecule has 2 heterocycles. The van der Waals surface area contributed by atoms with Gasteiger partial charge in [-0.3, -0.25) is 9.29 Å². The van der Waals surface area contributed by atoms with Gasteiger partial charge in [0.25, 0.3) is 0 Å². The first-order chi connectivity index (χ1) is 18.2. The third-order valence-corrected chi connectivity index (χ3v) is 8.45. The molecule has 38 heavy (non-hydrogen) atoms. The van der Waals surface area contributed by atoms with Gasteiger partial charge >= 0.3 is 0 Å². The van der Waals surface area contributed by atoms with E-state index in [0.29, 0.717) is 12.4 Å². The minimum absolute atomic E-state index is 0.146. The summed E-state index contributed by atoms with van der Waals surface area (Å²) in [6.45, 7) is 4.73. The van der Waals surface area contributed by atoms with Crippen LogP contribution in [0.3, 0.4) is 0 Å². The Kier molecular flexibility index (Phi) is 7.45. The van der Waals surface area contributed by atoms with E-state index < -0.39 is 15.9 Å². The zero-order valence-electron chi connectivity index (χ0n) is 21.6. The van der Waals surface area contributed by atoms with Crippen molar-refractivity contribution in [3.63, 3.8) is 0 Å². The maximum atomic E-state index is 12.9. The van der Waals surface area contributed by atoms with Crippen LogP contribution < -0.4 is 9.47 Å². The Bertz CT molecular complexity index is 1430. The van der Waals surface area contributed by atoms with Gasteiger partial charge in [0.05, 0.1) is 11.6 Å². The quantitative estimate of drug-likeness (QED) is 0.407. The van der Waals surface area contributed by atoms with Crippen LogP contribution in [0.1, 0.15) is 36.1 Å². The number of phenols is 1. The first-order valence-corrected chi connectivity index (χ1v) is 14.6. The first kappa shape index (κ1) is 26.3. The number of hydrogen-bond acceptors (Lipinski definition) is 6. The molecule has 0 aliphatic carbocycles. The van der Waals surface area contributed by atoms with Crippen molar-refractivity contribution in [3.05, 3.63) is 83.4 Å². The van der Waals surface area contributed by atoms with Gasteiger partial charge in [-0.1, -0.05) is 24.3 Å². The van der Waals surface area contributed by atoms with Crippen LogP contribution in [0.25, 0.3) is 11.1 Å². The molecule has 3 aromatic rings. The summed E-state index contributed by atoms with van der Waals surface area (Å²) in [5, 5.41) is 10.1. The van der Waals surface area contributed by atoms with Crippen LogP contribution in [0.2, 0.25) is 0 Å². The highest BCUT2D eigenvalue weighted by atomic mass is 32.2. The molecule has 5 rings (SSSR count). The smallest absolute Gasteiger partial charge is 0.175 e. The number of nitrogens with zero attached hydrogens (tertiary/aromatic N) is 1. The summed E-state index contributed by atoms with van der Waals surface area (Å²) in [4.78, 5) is 2.49. The molecular weight excluding hydrogens is 505 g/mol. The molecule has 200 valence electrons. The van der Waals surface area contributed by atoms with Crippen LogP contribution in [0.5, 0.6) is 17.2 Å². The highest BCUT2D eigenvalue weighted by molar-refractivity contribution is 7.90. The van der Waals surface area contributed by atoms with Crippen molar-refractivity contribution in [2.24, 2.45) is 5.92 Å². The first-order valence-electron chi connectivity index (χ1n) is 12.8. The molecule has 1 saturated heterocycles. The zero-order valence-corrected chi connectivity index (χ0v) is 22.4. The van der Waals surface area contributed by atoms with Gasteiger partial charge in [-0.25, -0.2) is 8.42 Å². The zero-order chi connectivity index (χ0) is 26.9. The third kappa shape index (κ3) is 5.56. The number of alkyl halides is 1. The summed E-state index contributed by atoms with van der Waals surface area (Å²) < 4.78 is 49.2. The van der Waals surface area contributed by atoms with Crippen molar-refractivity contribution in [2.45, 2.75) is 24.3 Å². The van der Waals surface area contributed by atoms with Gasteiger partial charge in [0.2, 0.25) is 0 Å². The molecule has 0 radical (unpaired) electrons. The van der Waals surface area contributed by atoms with Gasteiger partial charge in [0.1, 0.15) is 30.0 Å². The van der Waals surface area contributed by atoms with Crippen LogP contribution in [0.15, 0.2) is 71.6 Å². The molecule has 2 aliphatic heterocycles. The minimum Gasteiger partial charge on any atom is -0.508 e. The van der Waals surface area contributed by atoms with Crippen LogP contribution in [-0.4, -0.2) is 57.6 Å². The molecule has 0 amide bonds. The van der Waals surface area contributed by atoms with Gasteiger partial charge in [0, 0.05) is 36.4 Å². The summed E-state index contributed by atoms with van der Waals surface area (Å²) in [6.07, 6.45) is 1.65. The van der Waals surface area contributed by atoms with Crippen LogP contribution in [0, 0.1) is 5.92 Å². The molecule has 8 heteroatoms. The lowest BCUT2D eigenvalue weighted by atomic mass is 9.86. The number of likely N-dealkylation sites (tertiary alicyclic amines) is 1. The lowest BCUT2D eigenvalue weighted by Gasteiger charge is -2.31. The van der Waals surface area contributed by atoms with Crippen LogP contribution in [0.4, 0.5) is 4.39 Å². The summed E-state index contributed by atoms with van der Waals surface area (Å²) in [6, 6.07) is 19.6. The Morgan fingerprint density at radius 3 is 2.47 bits per heavy atom. The normalized spacial score (nSPS) is 19.8. The second-order valence-corrected chi connectivity index (χ2v) is 12.1. The highest BCUT2D eigenvalue weighted by Gasteiger charge is 2.30. The Morgan fingerprint density at radius 2 is 1.82 bits per heavy atom. The van der Waals surface area contributed by atoms with E-state index in [0.717, 1.165) is 59.6 Å². The Hall–Kier alpha value is -3.36. The van der Waals surface area contributed by atoms with Crippen LogP contribution >= 0.6 is 0 Å². The summed E-state index contributed by atoms with van der Waals surface area (Å²) in [5.74, 6) is 1.70. The third-order valence-electron chi connectivity index (χ3n) is 7.32. The van der Waals surface area contributed by atoms with Gasteiger partial charge in [-0.15, -0.1) is 0 Å². The van der Waals surface area contributed by atoms with Gasteiger partial charge < -0.3 is 14.6 Å². The van der Waals surface area contributed by atoms with E-state index >= 15 is 0 Å². The van der Waals surface area contributed by atoms with Crippen LogP contribution in [-0.2, 0) is 9.84 Å². The molecule has 3 aromatic carbocycles. The molecule has 2 aliphatic rings. The van der Waals surface area contributed by atoms with Crippen molar-refractivity contribution in [2.75, 3.05) is 39.2 Å². The minimum atomic E-state index is -3.32. The summed E-state index contributed by atoms with van der Waals surface area (Å²) in [7, 11) is -3.32. The number of aromatic hydroxyl groups is 1. The number of benzene rings is 3. The molecule has 0 bridgehead atoms. The SMILES string of the molecule is CC1=C(c2ccc(S(C)(=O)=O)cc2)C(c2ccc(OCCN3CCC(CF)C3)cc2)Oc2ccc(O)cc21. The predicted molar refractivity (Wildman–Crippen MR) is 146 cm³/mol. The highest BCUT2D eigenvalue weighted by Crippen LogP contribution is 2.47. The summed E-state index contributed by atoms with van der Waals surface area (Å²) >= 11 is 0. The Balaban J connectivity index is 1.39. The standard InChI is InChI=1S/C30H32FNO5S/c1-20-27-17-24(33)7-12-28(27)37-30(29(20)22-5-10-26(11-6-22)38(2,34)35)23-3-8-25(9-4-23)36-16-15-32-14-13-21(18-31)19-32/h3-12,17,21,30,33H,13-16,18-19H2,1-2H3. The fourth-order valence-electron chi connectivity index (χ4n) is 5.20. The van der Waals surface area contributed by atoms with Crippen molar-refractivity contribution in [3.8, 4) is 17.2 Å². The number of phenolic OH excluding ortho intramolecular Hbond substituents is 1. The number of sulfone groups is 1. The number of fused-ring (bicyclic) bond motifs is 1. The molecule has 1 N–H and O–H groups in total. The largest absolute Gasteiger partial charge is 0.508 e. The maximum Gasteiger partial charge on any atom is 0.175 e. The van der Waals surface area contributed by atoms with E-state index in [2.05, 4.69) is 4.90 Å². The topological polar surface area (TPSA) is 76.1 Å². The average molecular weight is 538 g/mol. The van der Waals surface area contributed by atoms with E-state index in [1.165, 1.54) is 6.26 Å².